The number of H-pyrrole nitrogens is 2. The number of nitrogens with one attached hydrogen (secondary N) is 2. The molecule has 0 saturated carbocycles. The van der Waals surface area contributed by atoms with Gasteiger partial charge in [-0.3, -0.25) is 9.59 Å². The van der Waals surface area contributed by atoms with Crippen molar-refractivity contribution in [3.8, 4) is 0 Å². The second-order valence-corrected chi connectivity index (χ2v) is 6.37. The molecule has 0 radical (unpaired) electrons. The number of rotatable bonds is 4. The third-order valence-electron chi connectivity index (χ3n) is 4.42. The predicted octanol–water partition coefficient (Wildman–Crippen LogP) is 4.50. The highest BCUT2D eigenvalue weighted by Crippen LogP contribution is 2.26. The van der Waals surface area contributed by atoms with Crippen LogP contribution in [0, 0.1) is 0 Å². The molecule has 0 atom stereocenters. The molecule has 2 N–H and O–H groups in total. The van der Waals surface area contributed by atoms with Crippen LogP contribution in [0.2, 0.25) is 0 Å². The predicted molar refractivity (Wildman–Crippen MR) is 110 cm³/mol. The van der Waals surface area contributed by atoms with Crippen LogP contribution < -0.4 is 5.56 Å². The molecule has 4 heteroatoms. The van der Waals surface area contributed by atoms with Gasteiger partial charge in [-0.1, -0.05) is 48.6 Å². The van der Waals surface area contributed by atoms with E-state index < -0.39 is 0 Å². The third-order valence-corrected chi connectivity index (χ3v) is 4.42. The van der Waals surface area contributed by atoms with Crippen LogP contribution in [0.1, 0.15) is 23.2 Å². The normalized spacial score (nSPS) is 14.5. The summed E-state index contributed by atoms with van der Waals surface area (Å²) in [5.41, 5.74) is 4.61. The highest BCUT2D eigenvalue weighted by atomic mass is 16.1. The van der Waals surface area contributed by atoms with Gasteiger partial charge in [0.05, 0.1) is 0 Å². The van der Waals surface area contributed by atoms with E-state index in [1.807, 2.05) is 60.7 Å². The minimum absolute atomic E-state index is 0.114. The number of fused-ring (bicyclic) bond motifs is 1. The topological polar surface area (TPSA) is 65.7 Å². The standard InChI is InChI=1S/C23H18N2O2/c26-18-5-3-4-16(14-18)9-11-22-20(19-6-1-2-7-21(19)25-22)10-8-17-12-13-24-23(27)15-17/h1-4,6-15,25H,5H2,(H,24,27)/b10-8+,11-9+. The van der Waals surface area contributed by atoms with Crippen LogP contribution >= 0.6 is 0 Å². The summed E-state index contributed by atoms with van der Waals surface area (Å²) in [5, 5.41) is 1.10. The molecule has 4 nitrogen and oxygen atoms in total. The van der Waals surface area contributed by atoms with Crippen LogP contribution in [0.3, 0.4) is 0 Å². The molecule has 2 heterocycles. The first-order chi connectivity index (χ1) is 13.2. The quantitative estimate of drug-likeness (QED) is 0.725. The Labute approximate surface area is 156 Å². The van der Waals surface area contributed by atoms with Gasteiger partial charge < -0.3 is 9.97 Å². The summed E-state index contributed by atoms with van der Waals surface area (Å²) in [6.45, 7) is 0. The largest absolute Gasteiger partial charge is 0.355 e. The van der Waals surface area contributed by atoms with Crippen molar-refractivity contribution in [3.05, 3.63) is 99.6 Å². The zero-order valence-corrected chi connectivity index (χ0v) is 14.6. The van der Waals surface area contributed by atoms with Crippen molar-refractivity contribution in [1.82, 2.24) is 9.97 Å². The zero-order valence-electron chi connectivity index (χ0n) is 14.6. The van der Waals surface area contributed by atoms with Crippen molar-refractivity contribution >= 4 is 34.9 Å². The number of hydrogen-bond donors (Lipinski definition) is 2. The lowest BCUT2D eigenvalue weighted by molar-refractivity contribution is -0.113. The summed E-state index contributed by atoms with van der Waals surface area (Å²) in [7, 11) is 0. The molecule has 0 fully saturated rings. The fraction of sp³-hybridized carbons (Fsp3) is 0.0435. The number of para-hydroxylation sites is 1. The first kappa shape index (κ1) is 16.8. The fourth-order valence-corrected chi connectivity index (χ4v) is 3.13. The van der Waals surface area contributed by atoms with Crippen LogP contribution in [0.5, 0.6) is 0 Å². The van der Waals surface area contributed by atoms with Gasteiger partial charge in [0, 0.05) is 40.8 Å². The molecule has 0 aliphatic heterocycles. The van der Waals surface area contributed by atoms with Crippen molar-refractivity contribution in [2.45, 2.75) is 6.42 Å². The third kappa shape index (κ3) is 3.80. The van der Waals surface area contributed by atoms with Crippen molar-refractivity contribution < 1.29 is 4.79 Å². The second-order valence-electron chi connectivity index (χ2n) is 6.37. The Bertz CT molecular complexity index is 1190. The Kier molecular flexibility index (Phi) is 4.54. The Morgan fingerprint density at radius 1 is 0.963 bits per heavy atom. The van der Waals surface area contributed by atoms with Crippen LogP contribution in [0.15, 0.2) is 77.3 Å². The lowest BCUT2D eigenvalue weighted by atomic mass is 10.0. The van der Waals surface area contributed by atoms with Crippen LogP contribution in [0.4, 0.5) is 0 Å². The molecule has 0 spiro atoms. The number of aromatic amines is 2. The molecule has 1 aliphatic rings. The molecule has 132 valence electrons. The average Bonchev–Trinajstić information content (AvgIpc) is 3.02. The number of benzene rings is 1. The number of pyridine rings is 1. The number of aromatic nitrogens is 2. The van der Waals surface area contributed by atoms with Gasteiger partial charge in [-0.2, -0.15) is 0 Å². The van der Waals surface area contributed by atoms with Gasteiger partial charge in [0.1, 0.15) is 0 Å². The fourth-order valence-electron chi connectivity index (χ4n) is 3.13. The van der Waals surface area contributed by atoms with E-state index in [0.29, 0.717) is 6.42 Å². The summed E-state index contributed by atoms with van der Waals surface area (Å²) in [5.74, 6) is 0.114. The maximum atomic E-state index is 11.6. The lowest BCUT2D eigenvalue weighted by Gasteiger charge is -2.00. The molecule has 1 aliphatic carbocycles. The number of allylic oxidation sites excluding steroid dienone is 5. The molecular formula is C23H18N2O2. The van der Waals surface area contributed by atoms with Gasteiger partial charge in [0.25, 0.3) is 0 Å². The van der Waals surface area contributed by atoms with Gasteiger partial charge >= 0.3 is 0 Å². The molecule has 0 saturated heterocycles. The maximum absolute atomic E-state index is 11.6. The summed E-state index contributed by atoms with van der Waals surface area (Å²) in [4.78, 5) is 29.1. The van der Waals surface area contributed by atoms with Gasteiger partial charge in [-0.15, -0.1) is 0 Å². The van der Waals surface area contributed by atoms with E-state index in [1.54, 1.807) is 18.3 Å². The molecule has 2 aromatic heterocycles. The smallest absolute Gasteiger partial charge is 0.248 e. The van der Waals surface area contributed by atoms with E-state index in [0.717, 1.165) is 33.3 Å². The summed E-state index contributed by atoms with van der Waals surface area (Å²) in [6.07, 6.45) is 15.4. The molecule has 1 aromatic carbocycles. The van der Waals surface area contributed by atoms with E-state index >= 15 is 0 Å². The van der Waals surface area contributed by atoms with Crippen LogP contribution in [-0.2, 0) is 4.79 Å². The SMILES string of the molecule is O=C1C=C(/C=C/c2[nH]c3ccccc3c2/C=C/c2cc[nH]c(=O)c2)C=CC1. The van der Waals surface area contributed by atoms with E-state index in [4.69, 9.17) is 0 Å². The highest BCUT2D eigenvalue weighted by molar-refractivity contribution is 5.96. The van der Waals surface area contributed by atoms with E-state index in [-0.39, 0.29) is 11.3 Å². The zero-order chi connectivity index (χ0) is 18.6. The van der Waals surface area contributed by atoms with Crippen molar-refractivity contribution in [2.75, 3.05) is 0 Å². The van der Waals surface area contributed by atoms with E-state index in [9.17, 15) is 9.59 Å². The number of carbonyl (C=O) groups is 1. The molecule has 4 rings (SSSR count). The first-order valence-electron chi connectivity index (χ1n) is 8.76. The van der Waals surface area contributed by atoms with Crippen LogP contribution in [-0.4, -0.2) is 15.8 Å². The second kappa shape index (κ2) is 7.30. The average molecular weight is 354 g/mol. The minimum Gasteiger partial charge on any atom is -0.355 e. The van der Waals surface area contributed by atoms with Gasteiger partial charge in [-0.05, 0) is 35.4 Å². The number of hydrogen-bond acceptors (Lipinski definition) is 2. The first-order valence-corrected chi connectivity index (χ1v) is 8.76. The monoisotopic (exact) mass is 354 g/mol. The van der Waals surface area contributed by atoms with Crippen molar-refractivity contribution in [2.24, 2.45) is 0 Å². The summed E-state index contributed by atoms with van der Waals surface area (Å²) in [6, 6.07) is 11.5. The van der Waals surface area contributed by atoms with Gasteiger partial charge in [-0.25, -0.2) is 0 Å². The maximum Gasteiger partial charge on any atom is 0.248 e. The Morgan fingerprint density at radius 2 is 1.85 bits per heavy atom. The van der Waals surface area contributed by atoms with Gasteiger partial charge in [0.2, 0.25) is 5.56 Å². The van der Waals surface area contributed by atoms with Crippen LogP contribution in [0.25, 0.3) is 29.1 Å². The van der Waals surface area contributed by atoms with Crippen molar-refractivity contribution in [3.63, 3.8) is 0 Å². The number of ketones is 1. The molecule has 0 bridgehead atoms. The highest BCUT2D eigenvalue weighted by Gasteiger charge is 2.07. The summed E-state index contributed by atoms with van der Waals surface area (Å²) >= 11 is 0. The van der Waals surface area contributed by atoms with Gasteiger partial charge in [0.15, 0.2) is 5.78 Å². The number of carbonyl (C=O) groups excluding carboxylic acids is 1. The molecule has 0 amide bonds. The van der Waals surface area contributed by atoms with E-state index in [1.165, 1.54) is 0 Å². The molecule has 0 unspecified atom stereocenters. The Balaban J connectivity index is 1.74. The molecule has 3 aromatic rings. The minimum atomic E-state index is -0.128. The molecule has 27 heavy (non-hydrogen) atoms. The Morgan fingerprint density at radius 3 is 2.70 bits per heavy atom. The van der Waals surface area contributed by atoms with Crippen molar-refractivity contribution in [1.29, 1.82) is 0 Å². The lowest BCUT2D eigenvalue weighted by Crippen LogP contribution is -2.01. The Hall–Kier alpha value is -3.66. The summed E-state index contributed by atoms with van der Waals surface area (Å²) < 4.78 is 0. The van der Waals surface area contributed by atoms with E-state index in [2.05, 4.69) is 16.0 Å². The molecular weight excluding hydrogens is 336 g/mol.